The molecule has 1 fully saturated rings. The molecule has 3 nitrogen and oxygen atoms in total. The van der Waals surface area contributed by atoms with E-state index in [0.717, 1.165) is 63.2 Å². The highest BCUT2D eigenvalue weighted by atomic mass is 16.3. The van der Waals surface area contributed by atoms with E-state index in [1.165, 1.54) is 22.3 Å². The van der Waals surface area contributed by atoms with Crippen molar-refractivity contribution in [2.45, 2.75) is 118 Å². The van der Waals surface area contributed by atoms with Crippen molar-refractivity contribution >= 4 is 6.29 Å². The molecule has 33 heavy (non-hydrogen) atoms. The molecule has 3 heteroatoms. The Labute approximate surface area is 203 Å². The molecule has 2 N–H and O–H groups in total. The zero-order valence-corrected chi connectivity index (χ0v) is 22.5. The fraction of sp³-hybridized carbons (Fsp3) is 0.700. The quantitative estimate of drug-likeness (QED) is 0.169. The number of aliphatic hydroxyl groups excluding tert-OH is 1. The lowest BCUT2D eigenvalue weighted by atomic mass is 9.54. The average Bonchev–Trinajstić information content (AvgIpc) is 2.74. The third kappa shape index (κ3) is 9.02. The maximum Gasteiger partial charge on any atom is 0.145 e. The van der Waals surface area contributed by atoms with Crippen LogP contribution < -0.4 is 0 Å². The molecule has 0 bridgehead atoms. The van der Waals surface area contributed by atoms with Crippen LogP contribution in [-0.4, -0.2) is 28.7 Å². The van der Waals surface area contributed by atoms with E-state index in [0.29, 0.717) is 12.8 Å². The number of hydrogen-bond acceptors (Lipinski definition) is 3. The third-order valence-electron chi connectivity index (χ3n) is 7.91. The maximum absolute atomic E-state index is 11.5. The van der Waals surface area contributed by atoms with Crippen molar-refractivity contribution in [3.63, 3.8) is 0 Å². The molecule has 0 aromatic heterocycles. The number of aldehydes is 1. The van der Waals surface area contributed by atoms with Crippen molar-refractivity contribution in [3.05, 3.63) is 46.1 Å². The second-order valence-corrected chi connectivity index (χ2v) is 10.9. The molecule has 0 aromatic carbocycles. The Kier molecular flexibility index (Phi) is 12.6. The van der Waals surface area contributed by atoms with E-state index in [2.05, 4.69) is 52.8 Å². The molecule has 0 amide bonds. The van der Waals surface area contributed by atoms with Crippen LogP contribution in [0.1, 0.15) is 113 Å². The van der Waals surface area contributed by atoms with E-state index >= 15 is 0 Å². The van der Waals surface area contributed by atoms with E-state index in [1.54, 1.807) is 0 Å². The van der Waals surface area contributed by atoms with Crippen molar-refractivity contribution in [3.8, 4) is 0 Å². The maximum atomic E-state index is 11.5. The van der Waals surface area contributed by atoms with Gasteiger partial charge in [-0.05, 0) is 117 Å². The first kappa shape index (κ1) is 29.6. The van der Waals surface area contributed by atoms with Crippen LogP contribution >= 0.6 is 0 Å². The lowest BCUT2D eigenvalue weighted by Crippen LogP contribution is -2.52. The summed E-state index contributed by atoms with van der Waals surface area (Å²) in [5.74, 6) is 0.124. The Morgan fingerprint density at radius 2 is 1.55 bits per heavy atom. The molecule has 1 rings (SSSR count). The van der Waals surface area contributed by atoms with E-state index in [9.17, 15) is 15.0 Å². The molecule has 0 heterocycles. The minimum atomic E-state index is -0.785. The van der Waals surface area contributed by atoms with Crippen LogP contribution in [0.3, 0.4) is 0 Å². The first-order chi connectivity index (χ1) is 15.5. The van der Waals surface area contributed by atoms with E-state index in [-0.39, 0.29) is 17.9 Å². The Morgan fingerprint density at radius 3 is 2.09 bits per heavy atom. The standard InChI is InChI=1S/C30H50O3/c1-23(2)12-8-13-24(3)14-9-15-25(4)16-10-19-29(6)28(17-11-21-31)27(26(5)22-32)18-20-30(29,7)33/h12,14,16,22,28,31,33H,8-11,13,15,17-21H2,1-7H3/b24-14+,25-16+,27-26+/t28-,29-,30+/m1/s1. The van der Waals surface area contributed by atoms with E-state index in [1.807, 2.05) is 13.8 Å². The van der Waals surface area contributed by atoms with Crippen molar-refractivity contribution in [1.29, 1.82) is 0 Å². The number of carbonyl (C=O) groups excluding carboxylic acids is 1. The monoisotopic (exact) mass is 458 g/mol. The molecule has 0 aliphatic heterocycles. The molecule has 0 saturated heterocycles. The molecule has 188 valence electrons. The Bertz CT molecular complexity index is 747. The fourth-order valence-electron chi connectivity index (χ4n) is 5.33. The molecule has 0 spiro atoms. The molecule has 3 atom stereocenters. The smallest absolute Gasteiger partial charge is 0.145 e. The first-order valence-electron chi connectivity index (χ1n) is 12.9. The number of allylic oxidation sites excluding steroid dienone is 8. The van der Waals surface area contributed by atoms with Gasteiger partial charge in [0.25, 0.3) is 0 Å². The van der Waals surface area contributed by atoms with Crippen LogP contribution in [0.15, 0.2) is 46.1 Å². The average molecular weight is 459 g/mol. The Balaban J connectivity index is 2.83. The molecule has 0 radical (unpaired) electrons. The van der Waals surface area contributed by atoms with Gasteiger partial charge in [0, 0.05) is 12.0 Å². The van der Waals surface area contributed by atoms with Gasteiger partial charge in [0.1, 0.15) is 6.29 Å². The Hall–Kier alpha value is -1.45. The summed E-state index contributed by atoms with van der Waals surface area (Å²) in [6, 6.07) is 0. The van der Waals surface area contributed by atoms with Crippen LogP contribution in [0, 0.1) is 11.3 Å². The minimum Gasteiger partial charge on any atom is -0.396 e. The summed E-state index contributed by atoms with van der Waals surface area (Å²) >= 11 is 0. The predicted molar refractivity (Wildman–Crippen MR) is 141 cm³/mol. The third-order valence-corrected chi connectivity index (χ3v) is 7.91. The second kappa shape index (κ2) is 14.1. The number of aliphatic hydroxyl groups is 2. The van der Waals surface area contributed by atoms with Crippen LogP contribution in [0.5, 0.6) is 0 Å². The molecular formula is C30H50O3. The normalized spacial score (nSPS) is 28.0. The van der Waals surface area contributed by atoms with Crippen molar-refractivity contribution in [1.82, 2.24) is 0 Å². The number of carbonyl (C=O) groups is 1. The molecule has 1 saturated carbocycles. The fourth-order valence-corrected chi connectivity index (χ4v) is 5.33. The highest BCUT2D eigenvalue weighted by molar-refractivity contribution is 5.74. The lowest BCUT2D eigenvalue weighted by Gasteiger charge is -2.53. The van der Waals surface area contributed by atoms with Crippen LogP contribution in [0.2, 0.25) is 0 Å². The molecular weight excluding hydrogens is 408 g/mol. The van der Waals surface area contributed by atoms with Crippen molar-refractivity contribution < 1.29 is 15.0 Å². The minimum absolute atomic E-state index is 0.124. The summed E-state index contributed by atoms with van der Waals surface area (Å²) in [7, 11) is 0. The highest BCUT2D eigenvalue weighted by Crippen LogP contribution is 2.55. The van der Waals surface area contributed by atoms with Crippen LogP contribution in [0.4, 0.5) is 0 Å². The van der Waals surface area contributed by atoms with E-state index in [4.69, 9.17) is 0 Å². The largest absolute Gasteiger partial charge is 0.396 e. The first-order valence-corrected chi connectivity index (χ1v) is 12.9. The molecule has 1 aliphatic rings. The molecule has 0 unspecified atom stereocenters. The van der Waals surface area contributed by atoms with Gasteiger partial charge in [-0.3, -0.25) is 4.79 Å². The van der Waals surface area contributed by atoms with Gasteiger partial charge in [0.05, 0.1) is 5.60 Å². The molecule has 1 aliphatic carbocycles. The summed E-state index contributed by atoms with van der Waals surface area (Å²) in [6.07, 6.45) is 17.1. The summed E-state index contributed by atoms with van der Waals surface area (Å²) in [5, 5.41) is 20.9. The SMILES string of the molecule is CC(C)=CCC/C(C)=C/CC/C(C)=C/CC[C@]1(C)[C@H](CCCO)/C(=C(\C)C=O)CC[C@]1(C)O. The van der Waals surface area contributed by atoms with Gasteiger partial charge < -0.3 is 10.2 Å². The molecule has 0 aromatic rings. The van der Waals surface area contributed by atoms with Gasteiger partial charge in [-0.2, -0.15) is 0 Å². The summed E-state index contributed by atoms with van der Waals surface area (Å²) in [4.78, 5) is 11.5. The van der Waals surface area contributed by atoms with Gasteiger partial charge in [0.2, 0.25) is 0 Å². The number of rotatable bonds is 13. The second-order valence-electron chi connectivity index (χ2n) is 10.9. The lowest BCUT2D eigenvalue weighted by molar-refractivity contribution is -0.115. The van der Waals surface area contributed by atoms with Gasteiger partial charge >= 0.3 is 0 Å². The zero-order valence-electron chi connectivity index (χ0n) is 22.5. The number of hydrogen-bond donors (Lipinski definition) is 2. The zero-order chi connectivity index (χ0) is 25.1. The van der Waals surface area contributed by atoms with Crippen LogP contribution in [-0.2, 0) is 4.79 Å². The topological polar surface area (TPSA) is 57.5 Å². The van der Waals surface area contributed by atoms with Gasteiger partial charge in [-0.15, -0.1) is 0 Å². The van der Waals surface area contributed by atoms with E-state index < -0.39 is 5.60 Å². The highest BCUT2D eigenvalue weighted by Gasteiger charge is 2.51. The van der Waals surface area contributed by atoms with Gasteiger partial charge in [-0.1, -0.05) is 47.4 Å². The van der Waals surface area contributed by atoms with Gasteiger partial charge in [0.15, 0.2) is 0 Å². The van der Waals surface area contributed by atoms with Crippen LogP contribution in [0.25, 0.3) is 0 Å². The summed E-state index contributed by atoms with van der Waals surface area (Å²) in [6.45, 7) is 14.9. The van der Waals surface area contributed by atoms with Gasteiger partial charge in [-0.25, -0.2) is 0 Å². The van der Waals surface area contributed by atoms with Crippen molar-refractivity contribution in [2.75, 3.05) is 6.61 Å². The summed E-state index contributed by atoms with van der Waals surface area (Å²) in [5.41, 5.74) is 5.12. The summed E-state index contributed by atoms with van der Waals surface area (Å²) < 4.78 is 0. The Morgan fingerprint density at radius 1 is 0.970 bits per heavy atom. The predicted octanol–water partition coefficient (Wildman–Crippen LogP) is 7.64. The van der Waals surface area contributed by atoms with Crippen molar-refractivity contribution in [2.24, 2.45) is 11.3 Å².